The molecule has 0 radical (unpaired) electrons. The lowest BCUT2D eigenvalue weighted by molar-refractivity contribution is -0.125. The van der Waals surface area contributed by atoms with E-state index in [9.17, 15) is 14.4 Å². The minimum Gasteiger partial charge on any atom is -0.485 e. The number of anilines is 1. The summed E-state index contributed by atoms with van der Waals surface area (Å²) in [6.07, 6.45) is 0.807. The molecule has 1 atom stereocenters. The van der Waals surface area contributed by atoms with Crippen LogP contribution in [0.3, 0.4) is 0 Å². The zero-order valence-electron chi connectivity index (χ0n) is 15.1. The molecule has 9 heteroatoms. The summed E-state index contributed by atoms with van der Waals surface area (Å²) in [5, 5.41) is 5.34. The van der Waals surface area contributed by atoms with Gasteiger partial charge in [0.15, 0.2) is 11.5 Å². The fourth-order valence-corrected chi connectivity index (χ4v) is 4.57. The molecule has 3 amide bonds. The van der Waals surface area contributed by atoms with Crippen LogP contribution < -0.4 is 20.1 Å². The Balaban J connectivity index is 1.54. The largest absolute Gasteiger partial charge is 0.485 e. The first-order chi connectivity index (χ1) is 13.6. The Morgan fingerprint density at radius 1 is 1.18 bits per heavy atom. The normalized spacial score (nSPS) is 16.8. The molecule has 8 nitrogen and oxygen atoms in total. The number of alkyl carbamates (subject to hydrolysis) is 1. The number of carbonyl (C=O) groups excluding carboxylic acids is 3. The van der Waals surface area contributed by atoms with E-state index in [2.05, 4.69) is 15.4 Å². The average Bonchev–Trinajstić information content (AvgIpc) is 3.28. The number of thiophene rings is 1. The first-order valence-electron chi connectivity index (χ1n) is 8.80. The second-order valence-electron chi connectivity index (χ2n) is 6.36. The Kier molecular flexibility index (Phi) is 4.91. The predicted octanol–water partition coefficient (Wildman–Crippen LogP) is 2.51. The van der Waals surface area contributed by atoms with Gasteiger partial charge in [0.05, 0.1) is 12.7 Å². The molecule has 0 fully saturated rings. The second-order valence-corrected chi connectivity index (χ2v) is 7.47. The maximum absolute atomic E-state index is 12.7. The maximum Gasteiger partial charge on any atom is 0.413 e. The van der Waals surface area contributed by atoms with E-state index in [0.29, 0.717) is 22.1 Å². The number of para-hydroxylation sites is 2. The van der Waals surface area contributed by atoms with Crippen molar-refractivity contribution >= 4 is 34.2 Å². The molecule has 1 aromatic carbocycles. The summed E-state index contributed by atoms with van der Waals surface area (Å²) in [5.41, 5.74) is 1.18. The highest BCUT2D eigenvalue weighted by molar-refractivity contribution is 7.17. The van der Waals surface area contributed by atoms with Gasteiger partial charge in [-0.15, -0.1) is 11.3 Å². The van der Waals surface area contributed by atoms with E-state index < -0.39 is 24.0 Å². The Morgan fingerprint density at radius 2 is 1.96 bits per heavy atom. The van der Waals surface area contributed by atoms with Crippen LogP contribution in [-0.4, -0.2) is 37.7 Å². The summed E-state index contributed by atoms with van der Waals surface area (Å²) in [4.78, 5) is 37.8. The minimum absolute atomic E-state index is 0.0671. The predicted molar refractivity (Wildman–Crippen MR) is 101 cm³/mol. The van der Waals surface area contributed by atoms with Crippen molar-refractivity contribution < 1.29 is 28.6 Å². The molecule has 0 unspecified atom stereocenters. The van der Waals surface area contributed by atoms with Crippen LogP contribution in [0.15, 0.2) is 24.3 Å². The Labute approximate surface area is 164 Å². The number of methoxy groups -OCH3 is 1. The number of fused-ring (bicyclic) bond motifs is 2. The molecule has 0 spiro atoms. The van der Waals surface area contributed by atoms with Crippen LogP contribution in [0.4, 0.5) is 9.80 Å². The zero-order chi connectivity index (χ0) is 19.7. The number of rotatable bonds is 3. The van der Waals surface area contributed by atoms with E-state index >= 15 is 0 Å². The van der Waals surface area contributed by atoms with Crippen molar-refractivity contribution in [3.8, 4) is 11.5 Å². The van der Waals surface area contributed by atoms with Gasteiger partial charge in [-0.05, 0) is 37.0 Å². The molecule has 2 heterocycles. The monoisotopic (exact) mass is 402 g/mol. The molecule has 0 bridgehead atoms. The van der Waals surface area contributed by atoms with Crippen LogP contribution in [0.1, 0.15) is 27.2 Å². The van der Waals surface area contributed by atoms with Gasteiger partial charge in [0, 0.05) is 4.88 Å². The van der Waals surface area contributed by atoms with Crippen LogP contribution in [-0.2, 0) is 22.4 Å². The third-order valence-corrected chi connectivity index (χ3v) is 5.79. The molecule has 2 aromatic rings. The molecule has 1 aliphatic carbocycles. The summed E-state index contributed by atoms with van der Waals surface area (Å²) < 4.78 is 15.8. The molecule has 0 saturated carbocycles. The Morgan fingerprint density at radius 3 is 2.75 bits per heavy atom. The number of benzene rings is 1. The highest BCUT2D eigenvalue weighted by Gasteiger charge is 2.32. The van der Waals surface area contributed by atoms with Crippen LogP contribution in [0.2, 0.25) is 0 Å². The quantitative estimate of drug-likeness (QED) is 0.818. The van der Waals surface area contributed by atoms with Crippen molar-refractivity contribution in [3.05, 3.63) is 40.3 Å². The maximum atomic E-state index is 12.7. The van der Waals surface area contributed by atoms with Gasteiger partial charge >= 0.3 is 6.09 Å². The summed E-state index contributed by atoms with van der Waals surface area (Å²) in [7, 11) is 1.18. The van der Waals surface area contributed by atoms with Gasteiger partial charge in [-0.2, -0.15) is 0 Å². The number of nitrogens with one attached hydrogen (secondary N) is 2. The van der Waals surface area contributed by atoms with Crippen molar-refractivity contribution in [3.63, 3.8) is 0 Å². The van der Waals surface area contributed by atoms with Gasteiger partial charge in [-0.3, -0.25) is 14.9 Å². The standard InChI is InChI=1S/C19H18N2O6S/c1-25-19(24)21-17(23)15-10-5-4-8-14(10)28-18(15)20-16(22)13-9-26-11-6-2-3-7-12(11)27-13/h2-3,6-7,13H,4-5,8-9H2,1H3,(H,20,22)(H,21,23,24)/t13-/m1/s1. The van der Waals surface area contributed by atoms with Crippen LogP contribution in [0.25, 0.3) is 0 Å². The van der Waals surface area contributed by atoms with Crippen LogP contribution in [0, 0.1) is 0 Å². The first-order valence-corrected chi connectivity index (χ1v) is 9.61. The number of carbonyl (C=O) groups is 3. The number of imide groups is 1. The van der Waals surface area contributed by atoms with Gasteiger partial charge in [0.25, 0.3) is 11.8 Å². The van der Waals surface area contributed by atoms with Crippen LogP contribution >= 0.6 is 11.3 Å². The number of hydrogen-bond donors (Lipinski definition) is 2. The highest BCUT2D eigenvalue weighted by atomic mass is 32.1. The minimum atomic E-state index is -0.846. The van der Waals surface area contributed by atoms with Gasteiger partial charge < -0.3 is 19.5 Å². The lowest BCUT2D eigenvalue weighted by Crippen LogP contribution is -2.40. The van der Waals surface area contributed by atoms with E-state index in [1.165, 1.54) is 18.4 Å². The van der Waals surface area contributed by atoms with E-state index in [1.54, 1.807) is 18.2 Å². The second kappa shape index (κ2) is 7.51. The fourth-order valence-electron chi connectivity index (χ4n) is 3.28. The smallest absolute Gasteiger partial charge is 0.413 e. The highest BCUT2D eigenvalue weighted by Crippen LogP contribution is 2.39. The van der Waals surface area contributed by atoms with Gasteiger partial charge in [-0.1, -0.05) is 12.1 Å². The average molecular weight is 402 g/mol. The SMILES string of the molecule is COC(=O)NC(=O)c1c(NC(=O)[C@H]2COc3ccccc3O2)sc2c1CCC2. The van der Waals surface area contributed by atoms with Crippen molar-refractivity contribution in [2.45, 2.75) is 25.4 Å². The number of aryl methyl sites for hydroxylation is 1. The molecule has 0 saturated heterocycles. The summed E-state index contributed by atoms with van der Waals surface area (Å²) in [5.74, 6) is 0.0697. The van der Waals surface area contributed by atoms with E-state index in [1.807, 2.05) is 6.07 Å². The summed E-state index contributed by atoms with van der Waals surface area (Å²) >= 11 is 1.35. The van der Waals surface area contributed by atoms with E-state index in [0.717, 1.165) is 29.7 Å². The fraction of sp³-hybridized carbons (Fsp3) is 0.316. The molecule has 1 aromatic heterocycles. The molecule has 1 aliphatic heterocycles. The number of hydrogen-bond acceptors (Lipinski definition) is 7. The molecular formula is C19H18N2O6S. The van der Waals surface area contributed by atoms with E-state index in [-0.39, 0.29) is 6.61 Å². The first kappa shape index (κ1) is 18.3. The summed E-state index contributed by atoms with van der Waals surface area (Å²) in [6.45, 7) is 0.0671. The molecule has 2 N–H and O–H groups in total. The lowest BCUT2D eigenvalue weighted by atomic mass is 10.1. The number of amides is 3. The molecular weight excluding hydrogens is 384 g/mol. The Hall–Kier alpha value is -3.07. The molecule has 146 valence electrons. The Bertz CT molecular complexity index is 954. The molecule has 2 aliphatic rings. The topological polar surface area (TPSA) is 103 Å². The van der Waals surface area contributed by atoms with Gasteiger partial charge in [-0.25, -0.2) is 4.79 Å². The van der Waals surface area contributed by atoms with Gasteiger partial charge in [0.2, 0.25) is 6.10 Å². The summed E-state index contributed by atoms with van der Waals surface area (Å²) in [6, 6.07) is 7.11. The lowest BCUT2D eigenvalue weighted by Gasteiger charge is -2.25. The zero-order valence-corrected chi connectivity index (χ0v) is 15.9. The third kappa shape index (κ3) is 3.40. The van der Waals surface area contributed by atoms with Crippen molar-refractivity contribution in [1.29, 1.82) is 0 Å². The van der Waals surface area contributed by atoms with Crippen molar-refractivity contribution in [1.82, 2.24) is 5.32 Å². The van der Waals surface area contributed by atoms with Crippen molar-refractivity contribution in [2.24, 2.45) is 0 Å². The van der Waals surface area contributed by atoms with E-state index in [4.69, 9.17) is 9.47 Å². The van der Waals surface area contributed by atoms with Crippen LogP contribution in [0.5, 0.6) is 11.5 Å². The van der Waals surface area contributed by atoms with Crippen molar-refractivity contribution in [2.75, 3.05) is 19.0 Å². The van der Waals surface area contributed by atoms with Gasteiger partial charge in [0.1, 0.15) is 11.6 Å². The third-order valence-electron chi connectivity index (χ3n) is 4.59. The molecule has 4 rings (SSSR count). The molecule has 28 heavy (non-hydrogen) atoms. The number of ether oxygens (including phenoxy) is 3.